The maximum atomic E-state index is 13.6. The molecule has 0 unspecified atom stereocenters. The molecule has 0 aliphatic heterocycles. The smallest absolute Gasteiger partial charge is 0.200 e. The van der Waals surface area contributed by atoms with Crippen molar-refractivity contribution < 1.29 is 8.83 Å². The maximum Gasteiger partial charge on any atom is 0.200 e. The van der Waals surface area contributed by atoms with Crippen LogP contribution in [0.3, 0.4) is 0 Å². The zero-order valence-corrected chi connectivity index (χ0v) is 25.5. The highest BCUT2D eigenvalue weighted by Gasteiger charge is 2.46. The lowest BCUT2D eigenvalue weighted by Crippen LogP contribution is -2.39. The van der Waals surface area contributed by atoms with Gasteiger partial charge in [0.15, 0.2) is 5.43 Å². The van der Waals surface area contributed by atoms with Gasteiger partial charge in [0, 0.05) is 10.8 Å². The van der Waals surface area contributed by atoms with Crippen molar-refractivity contribution in [3.8, 4) is 22.3 Å². The predicted molar refractivity (Wildman–Crippen MR) is 190 cm³/mol. The summed E-state index contributed by atoms with van der Waals surface area (Å²) in [5.41, 5.74) is 11.8. The van der Waals surface area contributed by atoms with Crippen LogP contribution in [-0.2, 0) is 5.41 Å². The van der Waals surface area contributed by atoms with Gasteiger partial charge in [0.25, 0.3) is 0 Å². The molecule has 2 heterocycles. The zero-order chi connectivity index (χ0) is 31.1. The van der Waals surface area contributed by atoms with E-state index in [0.29, 0.717) is 21.6 Å². The highest BCUT2D eigenvalue weighted by Crippen LogP contribution is 2.58. The third-order valence-electron chi connectivity index (χ3n) is 10.2. The lowest BCUT2D eigenvalue weighted by molar-refractivity contribution is 0.554. The molecule has 0 spiro atoms. The van der Waals surface area contributed by atoms with Gasteiger partial charge in [-0.25, -0.2) is 0 Å². The molecule has 0 amide bonds. The largest absolute Gasteiger partial charge is 0.456 e. The summed E-state index contributed by atoms with van der Waals surface area (Å²) >= 11 is 0. The molecule has 0 N–H and O–H groups in total. The van der Waals surface area contributed by atoms with Gasteiger partial charge >= 0.3 is 0 Å². The molecule has 0 bridgehead atoms. The quantitative estimate of drug-likeness (QED) is 0.202. The molecule has 2 aliphatic rings. The van der Waals surface area contributed by atoms with Crippen molar-refractivity contribution in [3.63, 3.8) is 0 Å². The third kappa shape index (κ3) is 3.65. The molecular weight excluding hydrogens is 576 g/mol. The Bertz CT molecular complexity index is 2710. The first-order valence-corrected chi connectivity index (χ1v) is 16.2. The summed E-state index contributed by atoms with van der Waals surface area (Å²) in [4.78, 5) is 13.6. The first-order valence-electron chi connectivity index (χ1n) is 16.2. The average Bonchev–Trinajstić information content (AvgIpc) is 3.64. The predicted octanol–water partition coefficient (Wildman–Crippen LogP) is 9.08. The van der Waals surface area contributed by atoms with Gasteiger partial charge in [0.2, 0.25) is 0 Å². The van der Waals surface area contributed by atoms with Crippen molar-refractivity contribution in [1.29, 1.82) is 0 Å². The minimum Gasteiger partial charge on any atom is -0.456 e. The molecular formula is C44H28O3. The second-order valence-electron chi connectivity index (χ2n) is 12.6. The Hall–Kier alpha value is -5.93. The summed E-state index contributed by atoms with van der Waals surface area (Å²) in [6, 6.07) is 47.3. The molecule has 0 saturated heterocycles. The van der Waals surface area contributed by atoms with Gasteiger partial charge in [-0.3, -0.25) is 4.79 Å². The van der Waals surface area contributed by atoms with E-state index in [1.165, 1.54) is 22.3 Å². The van der Waals surface area contributed by atoms with E-state index in [0.717, 1.165) is 57.0 Å². The molecule has 0 saturated carbocycles. The minimum absolute atomic E-state index is 0.0324. The molecule has 8 aromatic rings. The fraction of sp³-hybridized carbons (Fsp3) is 0.0682. The second kappa shape index (κ2) is 9.78. The summed E-state index contributed by atoms with van der Waals surface area (Å²) in [7, 11) is 0. The van der Waals surface area contributed by atoms with Crippen LogP contribution in [0.2, 0.25) is 0 Å². The number of rotatable bonds is 3. The Kier molecular flexibility index (Phi) is 5.48. The summed E-state index contributed by atoms with van der Waals surface area (Å²) in [6.07, 6.45) is 5.78. The van der Waals surface area contributed by atoms with Crippen molar-refractivity contribution in [1.82, 2.24) is 0 Å². The number of hydrogen-bond acceptors (Lipinski definition) is 3. The molecule has 47 heavy (non-hydrogen) atoms. The van der Waals surface area contributed by atoms with E-state index < -0.39 is 5.41 Å². The number of hydrogen-bond donors (Lipinski definition) is 0. The Labute approximate surface area is 270 Å². The summed E-state index contributed by atoms with van der Waals surface area (Å²) < 4.78 is 12.6. The number of para-hydroxylation sites is 1. The monoisotopic (exact) mass is 604 g/mol. The van der Waals surface area contributed by atoms with Crippen LogP contribution in [0.15, 0.2) is 147 Å². The van der Waals surface area contributed by atoms with E-state index >= 15 is 0 Å². The second-order valence-corrected chi connectivity index (χ2v) is 12.6. The van der Waals surface area contributed by atoms with E-state index in [1.807, 2.05) is 36.4 Å². The molecule has 0 radical (unpaired) electrons. The Morgan fingerprint density at radius 3 is 1.96 bits per heavy atom. The molecule has 2 aliphatic carbocycles. The number of benzene rings is 6. The van der Waals surface area contributed by atoms with E-state index in [9.17, 15) is 4.79 Å². The van der Waals surface area contributed by atoms with E-state index in [2.05, 4.69) is 109 Å². The van der Waals surface area contributed by atoms with Gasteiger partial charge in [0.05, 0.1) is 16.0 Å². The van der Waals surface area contributed by atoms with E-state index in [-0.39, 0.29) is 5.43 Å². The van der Waals surface area contributed by atoms with Crippen LogP contribution in [0.1, 0.15) is 35.1 Å². The van der Waals surface area contributed by atoms with E-state index in [1.54, 1.807) is 0 Å². The van der Waals surface area contributed by atoms with E-state index in [4.69, 9.17) is 8.83 Å². The molecule has 3 heteroatoms. The van der Waals surface area contributed by atoms with Crippen molar-refractivity contribution in [2.75, 3.05) is 0 Å². The molecule has 0 fully saturated rings. The highest BCUT2D eigenvalue weighted by molar-refractivity contribution is 6.08. The van der Waals surface area contributed by atoms with Gasteiger partial charge in [-0.05, 0) is 99.8 Å². The van der Waals surface area contributed by atoms with Crippen molar-refractivity contribution in [2.45, 2.75) is 18.3 Å². The molecule has 222 valence electrons. The molecule has 0 atom stereocenters. The SMILES string of the molecule is O=c1c2c(oc3ccc(-c4ccc5c(c4)-c4cc6oc7ccccc7c6cc4C5(c4ccccc4)c4ccccc4)cc13)=CCCC=2. The molecule has 2 aromatic heterocycles. The lowest BCUT2D eigenvalue weighted by Gasteiger charge is -2.34. The van der Waals surface area contributed by atoms with Crippen LogP contribution >= 0.6 is 0 Å². The fourth-order valence-electron chi connectivity index (χ4n) is 8.08. The topological polar surface area (TPSA) is 43.4 Å². The lowest BCUT2D eigenvalue weighted by atomic mass is 9.67. The maximum absolute atomic E-state index is 13.6. The normalized spacial score (nSPS) is 14.4. The Morgan fingerprint density at radius 2 is 1.15 bits per heavy atom. The van der Waals surface area contributed by atoms with Gasteiger partial charge in [-0.1, -0.05) is 103 Å². The van der Waals surface area contributed by atoms with Gasteiger partial charge < -0.3 is 8.83 Å². The van der Waals surface area contributed by atoms with Crippen LogP contribution in [-0.4, -0.2) is 0 Å². The Balaban J connectivity index is 1.28. The van der Waals surface area contributed by atoms with Crippen LogP contribution in [0.5, 0.6) is 0 Å². The van der Waals surface area contributed by atoms with Crippen LogP contribution in [0.25, 0.3) is 67.3 Å². The van der Waals surface area contributed by atoms with Crippen LogP contribution in [0, 0.1) is 0 Å². The molecule has 3 nitrogen and oxygen atoms in total. The fourth-order valence-corrected chi connectivity index (χ4v) is 8.08. The summed E-state index contributed by atoms with van der Waals surface area (Å²) in [5, 5.41) is 3.51. The zero-order valence-electron chi connectivity index (χ0n) is 25.5. The van der Waals surface area contributed by atoms with Gasteiger partial charge in [-0.15, -0.1) is 0 Å². The first kappa shape index (κ1) is 26.3. The minimum atomic E-state index is -0.534. The summed E-state index contributed by atoms with van der Waals surface area (Å²) in [6.45, 7) is 0. The third-order valence-corrected chi connectivity index (χ3v) is 10.2. The highest BCUT2D eigenvalue weighted by atomic mass is 16.3. The Morgan fingerprint density at radius 1 is 0.489 bits per heavy atom. The number of furan rings is 1. The van der Waals surface area contributed by atoms with Crippen LogP contribution in [0.4, 0.5) is 0 Å². The standard InChI is InChI=1S/C44H28O3/c45-43-32-16-8-10-18-40(32)46-41-22-20-28(24-36(41)43)27-19-21-37-33(23-27)34-26-42-35(31-15-7-9-17-39(31)47-42)25-38(34)44(37,29-11-3-1-4-12-29)30-13-5-2-6-14-30/h1-7,9,11-26H,8,10H2. The van der Waals surface area contributed by atoms with Crippen LogP contribution < -0.4 is 16.1 Å². The van der Waals surface area contributed by atoms with Crippen molar-refractivity contribution in [2.24, 2.45) is 0 Å². The summed E-state index contributed by atoms with van der Waals surface area (Å²) in [5.74, 6) is 0. The van der Waals surface area contributed by atoms with Crippen molar-refractivity contribution in [3.05, 3.63) is 177 Å². The molecule has 10 rings (SSSR count). The number of fused-ring (bicyclic) bond motifs is 8. The van der Waals surface area contributed by atoms with Gasteiger partial charge in [-0.2, -0.15) is 0 Å². The van der Waals surface area contributed by atoms with Gasteiger partial charge in [0.1, 0.15) is 22.2 Å². The molecule has 6 aromatic carbocycles. The average molecular weight is 605 g/mol. The van der Waals surface area contributed by atoms with Crippen molar-refractivity contribution >= 4 is 45.1 Å². The first-order chi connectivity index (χ1) is 23.2.